The van der Waals surface area contributed by atoms with E-state index in [1.807, 2.05) is 12.1 Å². The second-order valence-corrected chi connectivity index (χ2v) is 6.20. The number of ether oxygens (including phenoxy) is 3. The van der Waals surface area contributed by atoms with Crippen molar-refractivity contribution in [2.45, 2.75) is 25.8 Å². The van der Waals surface area contributed by atoms with E-state index in [2.05, 4.69) is 10.3 Å². The lowest BCUT2D eigenvalue weighted by atomic mass is 10.1. The second kappa shape index (κ2) is 7.51. The van der Waals surface area contributed by atoms with Crippen molar-refractivity contribution in [1.29, 1.82) is 0 Å². The molecule has 26 heavy (non-hydrogen) atoms. The Labute approximate surface area is 151 Å². The maximum absolute atomic E-state index is 12.2. The van der Waals surface area contributed by atoms with E-state index >= 15 is 0 Å². The van der Waals surface area contributed by atoms with Gasteiger partial charge in [0.15, 0.2) is 23.9 Å². The topological polar surface area (TPSA) is 89.7 Å². The van der Waals surface area contributed by atoms with Gasteiger partial charge in [0.1, 0.15) is 0 Å². The molecular weight excluding hydrogens is 336 g/mol. The van der Waals surface area contributed by atoms with Crippen molar-refractivity contribution in [1.82, 2.24) is 10.3 Å². The third kappa shape index (κ3) is 3.66. The van der Waals surface area contributed by atoms with Gasteiger partial charge in [-0.3, -0.25) is 9.59 Å². The lowest BCUT2D eigenvalue weighted by molar-refractivity contribution is -0.123. The predicted molar refractivity (Wildman–Crippen MR) is 96.0 cm³/mol. The number of fused-ring (bicyclic) bond motifs is 1. The van der Waals surface area contributed by atoms with E-state index < -0.39 is 0 Å². The smallest absolute Gasteiger partial charge is 0.258 e. The number of carbonyl (C=O) groups excluding carboxylic acids is 1. The molecule has 1 heterocycles. The number of carbonyl (C=O) groups is 1. The number of amides is 1. The highest BCUT2D eigenvalue weighted by molar-refractivity contribution is 5.78. The summed E-state index contributed by atoms with van der Waals surface area (Å²) in [6.45, 7) is 1.56. The monoisotopic (exact) mass is 358 g/mol. The summed E-state index contributed by atoms with van der Waals surface area (Å²) in [5.74, 6) is 1.16. The van der Waals surface area contributed by atoms with Crippen LogP contribution in [0.15, 0.2) is 29.2 Å². The Hall–Kier alpha value is -2.96. The van der Waals surface area contributed by atoms with Crippen LogP contribution in [0.3, 0.4) is 0 Å². The molecule has 138 valence electrons. The summed E-state index contributed by atoms with van der Waals surface area (Å²) >= 11 is 0. The molecule has 0 bridgehead atoms. The van der Waals surface area contributed by atoms with Crippen LogP contribution in [-0.4, -0.2) is 31.7 Å². The van der Waals surface area contributed by atoms with Crippen LogP contribution in [0.5, 0.6) is 17.2 Å². The van der Waals surface area contributed by atoms with Gasteiger partial charge in [-0.15, -0.1) is 0 Å². The molecule has 2 N–H and O–H groups in total. The van der Waals surface area contributed by atoms with Gasteiger partial charge < -0.3 is 24.5 Å². The molecule has 1 atom stereocenters. The number of aromatic nitrogens is 1. The molecule has 0 saturated heterocycles. The largest absolute Gasteiger partial charge is 0.493 e. The number of rotatable bonds is 6. The molecule has 0 aliphatic heterocycles. The first-order valence-electron chi connectivity index (χ1n) is 8.38. The van der Waals surface area contributed by atoms with Gasteiger partial charge in [-0.25, -0.2) is 0 Å². The molecule has 3 rings (SSSR count). The van der Waals surface area contributed by atoms with E-state index in [0.29, 0.717) is 11.5 Å². The fourth-order valence-electron chi connectivity index (χ4n) is 3.13. The number of H-pyrrole nitrogens is 1. The van der Waals surface area contributed by atoms with Gasteiger partial charge in [-0.2, -0.15) is 0 Å². The number of aryl methyl sites for hydroxylation is 2. The maximum Gasteiger partial charge on any atom is 0.258 e. The number of pyridine rings is 1. The quantitative estimate of drug-likeness (QED) is 0.823. The highest BCUT2D eigenvalue weighted by Crippen LogP contribution is 2.39. The second-order valence-electron chi connectivity index (χ2n) is 6.20. The van der Waals surface area contributed by atoms with Crippen molar-refractivity contribution in [3.05, 3.63) is 51.4 Å². The van der Waals surface area contributed by atoms with Crippen molar-refractivity contribution < 1.29 is 19.0 Å². The molecule has 1 aliphatic rings. The number of aromatic amines is 1. The number of hydrogen-bond acceptors (Lipinski definition) is 5. The van der Waals surface area contributed by atoms with Gasteiger partial charge in [0.2, 0.25) is 5.43 Å². The zero-order chi connectivity index (χ0) is 18.7. The molecule has 7 heteroatoms. The Morgan fingerprint density at radius 1 is 1.19 bits per heavy atom. The van der Waals surface area contributed by atoms with Crippen LogP contribution < -0.4 is 25.0 Å². The molecule has 0 fully saturated rings. The molecule has 0 spiro atoms. The van der Waals surface area contributed by atoms with Crippen molar-refractivity contribution in [2.75, 3.05) is 20.8 Å². The van der Waals surface area contributed by atoms with E-state index in [9.17, 15) is 9.59 Å². The summed E-state index contributed by atoms with van der Waals surface area (Å²) in [6.07, 6.45) is 3.11. The van der Waals surface area contributed by atoms with Crippen LogP contribution >= 0.6 is 0 Å². The van der Waals surface area contributed by atoms with Crippen molar-refractivity contribution in [3.63, 3.8) is 0 Å². The minimum atomic E-state index is -0.280. The van der Waals surface area contributed by atoms with Crippen LogP contribution in [0.4, 0.5) is 0 Å². The third-order valence-electron chi connectivity index (χ3n) is 4.44. The molecule has 2 aromatic rings. The molecule has 1 amide bonds. The highest BCUT2D eigenvalue weighted by Gasteiger charge is 2.26. The normalized spacial score (nSPS) is 15.3. The fourth-order valence-corrected chi connectivity index (χ4v) is 3.13. The van der Waals surface area contributed by atoms with Crippen molar-refractivity contribution in [3.8, 4) is 17.2 Å². The van der Waals surface area contributed by atoms with E-state index in [4.69, 9.17) is 14.2 Å². The summed E-state index contributed by atoms with van der Waals surface area (Å²) < 4.78 is 16.0. The zero-order valence-electron chi connectivity index (χ0n) is 15.0. The summed E-state index contributed by atoms with van der Waals surface area (Å²) in [5.41, 5.74) is 2.63. The van der Waals surface area contributed by atoms with Gasteiger partial charge >= 0.3 is 0 Å². The molecular formula is C19H22N2O5. The standard InChI is InChI=1S/C19H22N2O5/c1-11-6-15(22)18(9-20-11)26-10-19(23)21-14-5-4-12-7-16(24-2)17(25-3)8-13(12)14/h6-9,14H,4-5,10H2,1-3H3,(H,20,22)(H,21,23)/t14-/m0/s1. The first-order chi connectivity index (χ1) is 12.5. The number of nitrogens with one attached hydrogen (secondary N) is 2. The van der Waals surface area contributed by atoms with Gasteiger partial charge in [0, 0.05) is 18.0 Å². The van der Waals surface area contributed by atoms with Crippen LogP contribution in [0.1, 0.15) is 29.3 Å². The Morgan fingerprint density at radius 2 is 1.92 bits per heavy atom. The highest BCUT2D eigenvalue weighted by atomic mass is 16.5. The molecule has 1 aliphatic carbocycles. The zero-order valence-corrected chi connectivity index (χ0v) is 15.0. The molecule has 0 radical (unpaired) electrons. The Bertz CT molecular complexity index is 875. The number of methoxy groups -OCH3 is 2. The minimum absolute atomic E-state index is 0.114. The average molecular weight is 358 g/mol. The summed E-state index contributed by atoms with van der Waals surface area (Å²) in [4.78, 5) is 26.9. The van der Waals surface area contributed by atoms with Gasteiger partial charge in [-0.05, 0) is 43.0 Å². The summed E-state index contributed by atoms with van der Waals surface area (Å²) in [7, 11) is 3.18. The molecule has 7 nitrogen and oxygen atoms in total. The summed E-state index contributed by atoms with van der Waals surface area (Å²) in [6, 6.07) is 5.16. The first-order valence-corrected chi connectivity index (χ1v) is 8.38. The van der Waals surface area contributed by atoms with Crippen LogP contribution in [0.25, 0.3) is 0 Å². The van der Waals surface area contributed by atoms with Crippen LogP contribution in [0, 0.1) is 6.92 Å². The lowest BCUT2D eigenvalue weighted by Crippen LogP contribution is -2.32. The van der Waals surface area contributed by atoms with Crippen molar-refractivity contribution in [2.24, 2.45) is 0 Å². The minimum Gasteiger partial charge on any atom is -0.493 e. The van der Waals surface area contributed by atoms with Gasteiger partial charge in [-0.1, -0.05) is 0 Å². The first kappa shape index (κ1) is 17.8. The van der Waals surface area contributed by atoms with Gasteiger partial charge in [0.05, 0.1) is 20.3 Å². The number of hydrogen-bond donors (Lipinski definition) is 2. The molecule has 0 saturated carbocycles. The Kier molecular flexibility index (Phi) is 5.16. The Morgan fingerprint density at radius 3 is 2.62 bits per heavy atom. The van der Waals surface area contributed by atoms with E-state index in [1.165, 1.54) is 12.3 Å². The van der Waals surface area contributed by atoms with Crippen LogP contribution in [0.2, 0.25) is 0 Å². The SMILES string of the molecule is COc1cc2c(cc1OC)[C@@H](NC(=O)COc1c[nH]c(C)cc1=O)CC2. The lowest BCUT2D eigenvalue weighted by Gasteiger charge is -2.16. The van der Waals surface area contributed by atoms with Crippen LogP contribution in [-0.2, 0) is 11.2 Å². The molecule has 1 aromatic carbocycles. The van der Waals surface area contributed by atoms with Gasteiger partial charge in [0.25, 0.3) is 5.91 Å². The maximum atomic E-state index is 12.2. The van der Waals surface area contributed by atoms with E-state index in [0.717, 1.165) is 29.7 Å². The molecule has 1 aromatic heterocycles. The Balaban J connectivity index is 1.65. The fraction of sp³-hybridized carbons (Fsp3) is 0.368. The van der Waals surface area contributed by atoms with E-state index in [-0.39, 0.29) is 29.7 Å². The van der Waals surface area contributed by atoms with E-state index in [1.54, 1.807) is 21.1 Å². The summed E-state index contributed by atoms with van der Waals surface area (Å²) in [5, 5.41) is 2.95. The average Bonchev–Trinajstić information content (AvgIpc) is 3.01. The van der Waals surface area contributed by atoms with Crippen molar-refractivity contribution >= 4 is 5.91 Å². The molecule has 0 unspecified atom stereocenters. The predicted octanol–water partition coefficient (Wildman–Crippen LogP) is 1.88. The number of benzene rings is 1. The third-order valence-corrected chi connectivity index (χ3v) is 4.44.